The van der Waals surface area contributed by atoms with Gasteiger partial charge in [-0.05, 0) is 71.1 Å². The molecule has 2 aromatic carbocycles. The van der Waals surface area contributed by atoms with Crippen LogP contribution in [0.1, 0.15) is 36.6 Å². The molecule has 3 N–H and O–H groups in total. The van der Waals surface area contributed by atoms with E-state index in [9.17, 15) is 0 Å². The van der Waals surface area contributed by atoms with E-state index in [2.05, 4.69) is 103 Å². The van der Waals surface area contributed by atoms with E-state index in [0.29, 0.717) is 5.92 Å². The highest BCUT2D eigenvalue weighted by molar-refractivity contribution is 5.85. The molecule has 0 fully saturated rings. The van der Waals surface area contributed by atoms with Gasteiger partial charge in [-0.3, -0.25) is 4.98 Å². The summed E-state index contributed by atoms with van der Waals surface area (Å²) >= 11 is 0. The first kappa shape index (κ1) is 20.4. The molecule has 4 heteroatoms. The molecule has 6 rings (SSSR count). The molecular formula is C30H26N4. The van der Waals surface area contributed by atoms with Gasteiger partial charge in [-0.15, -0.1) is 0 Å². The van der Waals surface area contributed by atoms with E-state index in [-0.39, 0.29) is 0 Å². The lowest BCUT2D eigenvalue weighted by molar-refractivity contribution is 0.801. The van der Waals surface area contributed by atoms with Gasteiger partial charge in [-0.1, -0.05) is 32.6 Å². The molecule has 5 aromatic rings. The van der Waals surface area contributed by atoms with E-state index in [1.54, 1.807) is 0 Å². The molecule has 1 aliphatic rings. The van der Waals surface area contributed by atoms with E-state index in [1.165, 1.54) is 27.9 Å². The number of hydrogen-bond acceptors (Lipinski definition) is 2. The molecule has 0 radical (unpaired) electrons. The number of benzene rings is 2. The number of rotatable bonds is 4. The number of aromatic amines is 2. The Morgan fingerprint density at radius 1 is 0.941 bits per heavy atom. The molecule has 4 heterocycles. The number of hydrogen-bond donors (Lipinski definition) is 3. The van der Waals surface area contributed by atoms with Gasteiger partial charge >= 0.3 is 0 Å². The van der Waals surface area contributed by atoms with Gasteiger partial charge in [0.05, 0.1) is 16.6 Å². The predicted octanol–water partition coefficient (Wildman–Crippen LogP) is 6.73. The van der Waals surface area contributed by atoms with Crippen LogP contribution in [-0.4, -0.2) is 21.5 Å². The normalized spacial score (nSPS) is 13.1. The first-order valence-corrected chi connectivity index (χ1v) is 11.7. The number of H-pyrrole nitrogens is 2. The van der Waals surface area contributed by atoms with E-state index < -0.39 is 0 Å². The monoisotopic (exact) mass is 442 g/mol. The minimum absolute atomic E-state index is 0.409. The average Bonchev–Trinajstić information content (AvgIpc) is 3.51. The summed E-state index contributed by atoms with van der Waals surface area (Å²) in [6, 6.07) is 22.7. The van der Waals surface area contributed by atoms with Crippen molar-refractivity contribution < 1.29 is 0 Å². The smallest absolute Gasteiger partial charge is 0.0708 e. The van der Waals surface area contributed by atoms with Gasteiger partial charge in [-0.25, -0.2) is 0 Å². The number of pyridine rings is 1. The highest BCUT2D eigenvalue weighted by atomic mass is 14.9. The second-order valence-electron chi connectivity index (χ2n) is 9.29. The second-order valence-corrected chi connectivity index (χ2v) is 9.29. The van der Waals surface area contributed by atoms with Crippen molar-refractivity contribution in [3.8, 4) is 33.6 Å². The quantitative estimate of drug-likeness (QED) is 0.289. The summed E-state index contributed by atoms with van der Waals surface area (Å²) in [5.41, 5.74) is 12.4. The first-order valence-electron chi connectivity index (χ1n) is 11.7. The molecule has 4 nitrogen and oxygen atoms in total. The largest absolute Gasteiger partial charge is 0.385 e. The fourth-order valence-electron chi connectivity index (χ4n) is 4.71. The van der Waals surface area contributed by atoms with Gasteiger partial charge in [0, 0.05) is 59.1 Å². The van der Waals surface area contributed by atoms with E-state index in [4.69, 9.17) is 4.98 Å². The second kappa shape index (κ2) is 7.97. The third-order valence-corrected chi connectivity index (χ3v) is 6.67. The van der Waals surface area contributed by atoms with Crippen molar-refractivity contribution in [3.63, 3.8) is 0 Å². The molecule has 0 spiro atoms. The molecule has 3 aromatic heterocycles. The maximum Gasteiger partial charge on any atom is 0.0708 e. The van der Waals surface area contributed by atoms with Gasteiger partial charge < -0.3 is 15.3 Å². The molecule has 166 valence electrons. The first-order chi connectivity index (χ1) is 16.5. The van der Waals surface area contributed by atoms with Crippen LogP contribution in [0, 0.1) is 12.3 Å². The lowest BCUT2D eigenvalue weighted by Crippen LogP contribution is -2.21. The molecule has 0 unspecified atom stereocenters. The number of nitrogens with zero attached hydrogens (tertiary/aromatic N) is 1. The van der Waals surface area contributed by atoms with Crippen molar-refractivity contribution in [1.29, 1.82) is 0 Å². The molecule has 0 amide bonds. The van der Waals surface area contributed by atoms with Crippen molar-refractivity contribution in [1.82, 2.24) is 20.3 Å². The lowest BCUT2D eigenvalue weighted by atomic mass is 9.93. The van der Waals surface area contributed by atoms with Crippen LogP contribution in [0.3, 0.4) is 0 Å². The van der Waals surface area contributed by atoms with Crippen molar-refractivity contribution in [2.75, 3.05) is 6.54 Å². The van der Waals surface area contributed by atoms with Gasteiger partial charge in [0.25, 0.3) is 0 Å². The van der Waals surface area contributed by atoms with Crippen LogP contribution in [0.4, 0.5) is 0 Å². The Balaban J connectivity index is 1.44. The van der Waals surface area contributed by atoms with Crippen LogP contribution >= 0.6 is 0 Å². The Labute approximate surface area is 199 Å². The summed E-state index contributed by atoms with van der Waals surface area (Å²) in [7, 11) is 0. The maximum absolute atomic E-state index is 4.75. The van der Waals surface area contributed by atoms with Crippen LogP contribution in [0.15, 0.2) is 67.4 Å². The predicted molar refractivity (Wildman–Crippen MR) is 139 cm³/mol. The summed E-state index contributed by atoms with van der Waals surface area (Å²) in [5.74, 6) is 0.409. The van der Waals surface area contributed by atoms with E-state index >= 15 is 0 Å². The van der Waals surface area contributed by atoms with Crippen molar-refractivity contribution in [2.45, 2.75) is 26.2 Å². The third kappa shape index (κ3) is 3.56. The Bertz CT molecular complexity index is 1530. The van der Waals surface area contributed by atoms with Gasteiger partial charge in [0.1, 0.15) is 0 Å². The number of nitrogens with one attached hydrogen (secondary N) is 3. The van der Waals surface area contributed by atoms with Crippen LogP contribution in [0.5, 0.6) is 0 Å². The molecule has 0 bridgehead atoms. The molecule has 1 aliphatic heterocycles. The Morgan fingerprint density at radius 3 is 2.68 bits per heavy atom. The molecule has 34 heavy (non-hydrogen) atoms. The average molecular weight is 443 g/mol. The van der Waals surface area contributed by atoms with Gasteiger partial charge in [0.2, 0.25) is 0 Å². The van der Waals surface area contributed by atoms with E-state index in [0.717, 1.165) is 52.1 Å². The van der Waals surface area contributed by atoms with Gasteiger partial charge in [0.15, 0.2) is 0 Å². The van der Waals surface area contributed by atoms with Crippen molar-refractivity contribution in [3.05, 3.63) is 96.5 Å². The fourth-order valence-corrected chi connectivity index (χ4v) is 4.71. The molecular weight excluding hydrogens is 416 g/mol. The Morgan fingerprint density at radius 2 is 1.82 bits per heavy atom. The lowest BCUT2D eigenvalue weighted by Gasteiger charge is -2.15. The SMILES string of the molecule is C=C1NCCc2[nH]c(-c3ccnc(-c4cc(-c5ccc6c#c[nH]c6c5)cc(C(C)C)c4)c3)cc21. The summed E-state index contributed by atoms with van der Waals surface area (Å²) < 4.78 is 0. The zero-order chi connectivity index (χ0) is 23.2. The summed E-state index contributed by atoms with van der Waals surface area (Å²) in [6.07, 6.45) is 5.83. The molecule has 0 atom stereocenters. The van der Waals surface area contributed by atoms with Crippen LogP contribution in [0.2, 0.25) is 0 Å². The molecule has 0 saturated heterocycles. The van der Waals surface area contributed by atoms with Crippen LogP contribution in [0.25, 0.3) is 50.2 Å². The Hall–Kier alpha value is -4.23. The highest BCUT2D eigenvalue weighted by Gasteiger charge is 2.17. The standard InChI is InChI=1S/C30H26N4/c1-18(2)23-12-24(21-5-4-20-6-9-32-28(20)15-21)14-25(13-23)29-16-22(7-10-33-29)30-17-26-19(3)31-11-8-27(26)34-30/h4-5,7,10,12-18,31-32,34H,3,8,11H2,1-2H3. The number of aromatic nitrogens is 3. The van der Waals surface area contributed by atoms with Crippen LogP contribution < -0.4 is 5.32 Å². The fraction of sp³-hybridized carbons (Fsp3) is 0.167. The van der Waals surface area contributed by atoms with Gasteiger partial charge in [-0.2, -0.15) is 0 Å². The zero-order valence-electron chi connectivity index (χ0n) is 19.4. The Kier molecular flexibility index (Phi) is 4.78. The summed E-state index contributed by atoms with van der Waals surface area (Å²) in [5, 5.41) is 4.40. The van der Waals surface area contributed by atoms with Crippen LogP contribution in [-0.2, 0) is 6.42 Å². The van der Waals surface area contributed by atoms with E-state index in [1.807, 2.05) is 6.20 Å². The molecule has 0 saturated carbocycles. The van der Waals surface area contributed by atoms with Crippen molar-refractivity contribution >= 4 is 16.6 Å². The summed E-state index contributed by atoms with van der Waals surface area (Å²) in [6.45, 7) is 9.54. The minimum Gasteiger partial charge on any atom is -0.385 e. The topological polar surface area (TPSA) is 56.5 Å². The zero-order valence-corrected chi connectivity index (χ0v) is 19.4. The minimum atomic E-state index is 0.409. The summed E-state index contributed by atoms with van der Waals surface area (Å²) in [4.78, 5) is 11.5. The number of fused-ring (bicyclic) bond motifs is 2. The maximum atomic E-state index is 4.75. The molecule has 0 aliphatic carbocycles. The third-order valence-electron chi connectivity index (χ3n) is 6.67. The highest BCUT2D eigenvalue weighted by Crippen LogP contribution is 2.34. The van der Waals surface area contributed by atoms with Crippen molar-refractivity contribution in [2.24, 2.45) is 0 Å².